The number of rotatable bonds is 19. The molecule has 0 saturated heterocycles. The molecule has 1 aromatic rings. The molecule has 4 atom stereocenters. The number of primary amides is 1. The van der Waals surface area contributed by atoms with Crippen LogP contribution in [0.1, 0.15) is 45.1 Å². The maximum absolute atomic E-state index is 13.3. The first kappa shape index (κ1) is 36.1. The van der Waals surface area contributed by atoms with Crippen LogP contribution >= 0.6 is 0 Å². The van der Waals surface area contributed by atoms with Crippen LogP contribution in [0.15, 0.2) is 35.3 Å². The minimum atomic E-state index is -1.29. The molecule has 238 valence electrons. The van der Waals surface area contributed by atoms with Gasteiger partial charge in [0.25, 0.3) is 0 Å². The lowest BCUT2D eigenvalue weighted by Crippen LogP contribution is -2.58. The third kappa shape index (κ3) is 15.1. The third-order valence-electron chi connectivity index (χ3n) is 6.18. The normalized spacial score (nSPS) is 13.4. The molecule has 0 aliphatic carbocycles. The highest BCUT2D eigenvalue weighted by molar-refractivity contribution is 5.93. The molecule has 0 aliphatic heterocycles. The van der Waals surface area contributed by atoms with Gasteiger partial charge in [0.1, 0.15) is 24.4 Å². The minimum Gasteiger partial charge on any atom is -0.480 e. The number of hydrogen-bond donors (Lipinski definition) is 9. The first-order valence-electron chi connectivity index (χ1n) is 13.8. The number of carboxylic acids is 1. The van der Waals surface area contributed by atoms with E-state index in [-0.39, 0.29) is 44.7 Å². The van der Waals surface area contributed by atoms with Crippen LogP contribution in [0.2, 0.25) is 0 Å². The Labute approximate surface area is 250 Å². The molecule has 43 heavy (non-hydrogen) atoms. The van der Waals surface area contributed by atoms with Crippen molar-refractivity contribution >= 4 is 42.1 Å². The fraction of sp³-hybridized carbons (Fsp3) is 0.519. The molecule has 0 spiro atoms. The molecule has 0 aromatic heterocycles. The van der Waals surface area contributed by atoms with Crippen LogP contribution in [0.4, 0.5) is 9.59 Å². The van der Waals surface area contributed by atoms with Crippen molar-refractivity contribution in [3.63, 3.8) is 0 Å². The summed E-state index contributed by atoms with van der Waals surface area (Å²) in [4.78, 5) is 77.3. The number of amides is 6. The summed E-state index contributed by atoms with van der Waals surface area (Å²) in [5, 5.41) is 22.0. The van der Waals surface area contributed by atoms with Crippen molar-refractivity contribution in [1.82, 2.24) is 26.6 Å². The average molecular weight is 606 g/mol. The number of nitrogens with two attached hydrogens (primary N) is 3. The predicted molar refractivity (Wildman–Crippen MR) is 159 cm³/mol. The van der Waals surface area contributed by atoms with Gasteiger partial charge in [-0.25, -0.2) is 14.4 Å². The molecule has 0 bridgehead atoms. The molecule has 0 saturated carbocycles. The lowest BCUT2D eigenvalue weighted by atomic mass is 10.0. The Bertz CT molecular complexity index is 1110. The van der Waals surface area contributed by atoms with Gasteiger partial charge in [0.15, 0.2) is 5.96 Å². The molecule has 1 aromatic carbocycles. The van der Waals surface area contributed by atoms with Crippen LogP contribution in [0.25, 0.3) is 0 Å². The number of guanidine groups is 1. The molecular formula is C27H43N9O7. The number of carbonyl (C=O) groups is 6. The van der Waals surface area contributed by atoms with E-state index in [1.54, 1.807) is 44.2 Å². The van der Waals surface area contributed by atoms with Crippen molar-refractivity contribution in [3.05, 3.63) is 35.9 Å². The Hall–Kier alpha value is -4.89. The highest BCUT2D eigenvalue weighted by atomic mass is 16.4. The number of benzene rings is 1. The summed E-state index contributed by atoms with van der Waals surface area (Å²) >= 11 is 0. The van der Waals surface area contributed by atoms with Crippen molar-refractivity contribution in [2.75, 3.05) is 13.1 Å². The van der Waals surface area contributed by atoms with Gasteiger partial charge in [-0.3, -0.25) is 14.6 Å². The lowest BCUT2D eigenvalue weighted by molar-refractivity contribution is -0.139. The number of nitrogens with zero attached hydrogens (tertiary/aromatic N) is 1. The summed E-state index contributed by atoms with van der Waals surface area (Å²) in [6.45, 7) is 3.74. The Kier molecular flexibility index (Phi) is 16.2. The molecule has 0 fully saturated rings. The number of urea groups is 2. The number of carbonyl (C=O) groups excluding carboxylic acids is 5. The van der Waals surface area contributed by atoms with Crippen LogP contribution in [-0.2, 0) is 25.6 Å². The van der Waals surface area contributed by atoms with E-state index in [4.69, 9.17) is 17.2 Å². The molecular weight excluding hydrogens is 562 g/mol. The fourth-order valence-corrected chi connectivity index (χ4v) is 3.95. The zero-order valence-electron chi connectivity index (χ0n) is 24.4. The smallest absolute Gasteiger partial charge is 0.326 e. The SMILES string of the molecule is CC(C)[C@H](NC(=O)[C@H](CCCNC(N)=O)NC(=O)N[C@@H](Cc1ccccc1)C(=O)O)C(=O)NC(C=O)CCCN=C(N)N. The van der Waals surface area contributed by atoms with Crippen molar-refractivity contribution < 1.29 is 33.9 Å². The summed E-state index contributed by atoms with van der Waals surface area (Å²) in [7, 11) is 0. The number of nitrogens with one attached hydrogen (secondary N) is 5. The molecule has 6 amide bonds. The summed E-state index contributed by atoms with van der Waals surface area (Å²) in [5.74, 6) is -3.12. The summed E-state index contributed by atoms with van der Waals surface area (Å²) in [6, 6.07) is 2.57. The first-order chi connectivity index (χ1) is 20.3. The number of aldehydes is 1. The van der Waals surface area contributed by atoms with Crippen LogP contribution < -0.4 is 43.8 Å². The van der Waals surface area contributed by atoms with Gasteiger partial charge in [0.2, 0.25) is 11.8 Å². The number of carboxylic acid groups (broad SMARTS) is 1. The molecule has 0 heterocycles. The topological polar surface area (TPSA) is 273 Å². The second kappa shape index (κ2) is 19.3. The largest absolute Gasteiger partial charge is 0.480 e. The van der Waals surface area contributed by atoms with Crippen molar-refractivity contribution in [2.24, 2.45) is 28.1 Å². The number of aliphatic carboxylic acids is 1. The van der Waals surface area contributed by atoms with Gasteiger partial charge in [0.05, 0.1) is 6.04 Å². The van der Waals surface area contributed by atoms with E-state index < -0.39 is 59.9 Å². The van der Waals surface area contributed by atoms with Crippen molar-refractivity contribution in [3.8, 4) is 0 Å². The Morgan fingerprint density at radius 2 is 1.53 bits per heavy atom. The van der Waals surface area contributed by atoms with E-state index in [0.717, 1.165) is 0 Å². The Morgan fingerprint density at radius 1 is 0.884 bits per heavy atom. The van der Waals surface area contributed by atoms with Crippen LogP contribution in [0, 0.1) is 5.92 Å². The van der Waals surface area contributed by atoms with Gasteiger partial charge < -0.3 is 53.7 Å². The summed E-state index contributed by atoms with van der Waals surface area (Å²) in [6.07, 6.45) is 1.49. The molecule has 16 heteroatoms. The van der Waals surface area contributed by atoms with Gasteiger partial charge in [-0.05, 0) is 37.2 Å². The molecule has 1 rings (SSSR count). The lowest BCUT2D eigenvalue weighted by Gasteiger charge is -2.27. The zero-order valence-corrected chi connectivity index (χ0v) is 24.4. The number of hydrogen-bond acceptors (Lipinski definition) is 7. The standard InChI is InChI=1S/C27H43N9O7/c1-16(2)21(23(39)33-18(15-37)10-6-12-31-25(28)29)36-22(38)19(11-7-13-32-26(30)42)34-27(43)35-20(24(40)41)14-17-8-4-3-5-9-17/h3-5,8-9,15-16,18-21H,6-7,10-14H2,1-2H3,(H,33,39)(H,36,38)(H,40,41)(H4,28,29,31)(H3,30,32,42)(H2,34,35,43)/t18?,19-,20-,21-/m0/s1. The maximum atomic E-state index is 13.3. The average Bonchev–Trinajstić information content (AvgIpc) is 2.94. The van der Waals surface area contributed by atoms with Gasteiger partial charge >= 0.3 is 18.0 Å². The Morgan fingerprint density at radius 3 is 2.09 bits per heavy atom. The van der Waals surface area contributed by atoms with Crippen LogP contribution in [-0.4, -0.2) is 84.5 Å². The summed E-state index contributed by atoms with van der Waals surface area (Å²) in [5.41, 5.74) is 16.3. The van der Waals surface area contributed by atoms with E-state index in [9.17, 15) is 33.9 Å². The van der Waals surface area contributed by atoms with E-state index in [0.29, 0.717) is 18.3 Å². The molecule has 16 nitrogen and oxygen atoms in total. The van der Waals surface area contributed by atoms with Crippen molar-refractivity contribution in [1.29, 1.82) is 0 Å². The second-order valence-corrected chi connectivity index (χ2v) is 10.1. The highest BCUT2D eigenvalue weighted by Crippen LogP contribution is 2.07. The van der Waals surface area contributed by atoms with Crippen molar-refractivity contribution in [2.45, 2.75) is 70.1 Å². The van der Waals surface area contributed by atoms with E-state index in [2.05, 4.69) is 31.6 Å². The van der Waals surface area contributed by atoms with Crippen LogP contribution in [0.5, 0.6) is 0 Å². The first-order valence-corrected chi connectivity index (χ1v) is 13.8. The quantitative estimate of drug-likeness (QED) is 0.0391. The van der Waals surface area contributed by atoms with E-state index >= 15 is 0 Å². The minimum absolute atomic E-state index is 0.00242. The second-order valence-electron chi connectivity index (χ2n) is 10.1. The van der Waals surface area contributed by atoms with Gasteiger partial charge in [-0.2, -0.15) is 0 Å². The molecule has 1 unspecified atom stereocenters. The fourth-order valence-electron chi connectivity index (χ4n) is 3.95. The maximum Gasteiger partial charge on any atom is 0.326 e. The predicted octanol–water partition coefficient (Wildman–Crippen LogP) is -1.32. The molecule has 12 N–H and O–H groups in total. The van der Waals surface area contributed by atoms with Gasteiger partial charge in [-0.1, -0.05) is 44.2 Å². The zero-order chi connectivity index (χ0) is 32.4. The van der Waals surface area contributed by atoms with Crippen LogP contribution in [0.3, 0.4) is 0 Å². The number of aliphatic imine (C=N–C) groups is 1. The third-order valence-corrected chi connectivity index (χ3v) is 6.18. The van der Waals surface area contributed by atoms with Gasteiger partial charge in [-0.15, -0.1) is 0 Å². The molecule has 0 aliphatic rings. The van der Waals surface area contributed by atoms with E-state index in [1.165, 1.54) is 0 Å². The monoisotopic (exact) mass is 605 g/mol. The highest BCUT2D eigenvalue weighted by Gasteiger charge is 2.30. The molecule has 0 radical (unpaired) electrons. The van der Waals surface area contributed by atoms with E-state index in [1.807, 2.05) is 0 Å². The summed E-state index contributed by atoms with van der Waals surface area (Å²) < 4.78 is 0. The van der Waals surface area contributed by atoms with Gasteiger partial charge in [0, 0.05) is 19.5 Å². The Balaban J connectivity index is 2.96.